The first-order valence-corrected chi connectivity index (χ1v) is 9.91. The molecule has 7 heteroatoms. The number of thiocarbonyl (C=S) groups is 1. The maximum Gasteiger partial charge on any atom is 0.266 e. The van der Waals surface area contributed by atoms with Crippen LogP contribution in [0.25, 0.3) is 6.08 Å². The fraction of sp³-hybridized carbons (Fsp3) is 0.158. The molecule has 1 heterocycles. The molecule has 3 nitrogen and oxygen atoms in total. The predicted molar refractivity (Wildman–Crippen MR) is 113 cm³/mol. The molecule has 134 valence electrons. The molecule has 1 aliphatic heterocycles. The van der Waals surface area contributed by atoms with Crippen LogP contribution in [0.1, 0.15) is 17.5 Å². The van der Waals surface area contributed by atoms with Crippen LogP contribution in [0, 0.1) is 0 Å². The zero-order valence-corrected chi connectivity index (χ0v) is 16.8. The average molecular weight is 424 g/mol. The number of carbonyl (C=O) groups excluding carboxylic acids is 1. The van der Waals surface area contributed by atoms with Crippen molar-refractivity contribution in [2.75, 3.05) is 6.54 Å². The van der Waals surface area contributed by atoms with E-state index in [1.165, 1.54) is 17.3 Å². The van der Waals surface area contributed by atoms with E-state index >= 15 is 0 Å². The van der Waals surface area contributed by atoms with Crippen LogP contribution < -0.4 is 0 Å². The smallest absolute Gasteiger partial charge is 0.266 e. The topological polar surface area (TPSA) is 40.5 Å². The van der Waals surface area contributed by atoms with Gasteiger partial charge in [-0.25, -0.2) is 0 Å². The fourth-order valence-corrected chi connectivity index (χ4v) is 4.41. The van der Waals surface area contributed by atoms with Crippen molar-refractivity contribution in [3.63, 3.8) is 0 Å². The minimum Gasteiger partial charge on any atom is -0.505 e. The SMILES string of the molecule is O=C1C(=Cc2cc(Cl)c(O)c(Cl)c2)SC(=S)N1CCCc1ccccc1. The number of hydrogen-bond acceptors (Lipinski definition) is 4. The number of rotatable bonds is 5. The van der Waals surface area contributed by atoms with Gasteiger partial charge in [0.25, 0.3) is 5.91 Å². The Morgan fingerprint density at radius 1 is 1.15 bits per heavy atom. The lowest BCUT2D eigenvalue weighted by Crippen LogP contribution is -2.29. The number of nitrogens with zero attached hydrogens (tertiary/aromatic N) is 1. The summed E-state index contributed by atoms with van der Waals surface area (Å²) < 4.78 is 0.547. The number of aromatic hydroxyl groups is 1. The van der Waals surface area contributed by atoms with E-state index in [9.17, 15) is 9.90 Å². The summed E-state index contributed by atoms with van der Waals surface area (Å²) in [5, 5.41) is 9.91. The third kappa shape index (κ3) is 4.41. The molecule has 3 rings (SSSR count). The van der Waals surface area contributed by atoms with E-state index in [-0.39, 0.29) is 21.7 Å². The standard InChI is InChI=1S/C19H15Cl2NO2S2/c20-14-9-13(10-15(21)17(14)23)11-16-18(24)22(19(25)26-16)8-4-7-12-5-2-1-3-6-12/h1-3,5-6,9-11,23H,4,7-8H2. The molecular formula is C19H15Cl2NO2S2. The van der Waals surface area contributed by atoms with E-state index in [2.05, 4.69) is 12.1 Å². The van der Waals surface area contributed by atoms with Gasteiger partial charge in [-0.1, -0.05) is 77.5 Å². The number of phenols is 1. The van der Waals surface area contributed by atoms with Crippen LogP contribution >= 0.6 is 47.2 Å². The van der Waals surface area contributed by atoms with Gasteiger partial charge in [-0.2, -0.15) is 0 Å². The molecule has 1 amide bonds. The Hall–Kier alpha value is -1.53. The molecule has 0 spiro atoms. The summed E-state index contributed by atoms with van der Waals surface area (Å²) in [6.45, 7) is 0.577. The van der Waals surface area contributed by atoms with Gasteiger partial charge in [0.2, 0.25) is 0 Å². The van der Waals surface area contributed by atoms with Gasteiger partial charge in [-0.15, -0.1) is 0 Å². The van der Waals surface area contributed by atoms with Gasteiger partial charge in [-0.3, -0.25) is 9.69 Å². The van der Waals surface area contributed by atoms with Gasteiger partial charge in [0.05, 0.1) is 15.0 Å². The third-order valence-corrected chi connectivity index (χ3v) is 5.85. The first-order chi connectivity index (χ1) is 12.5. The Morgan fingerprint density at radius 2 is 1.81 bits per heavy atom. The second-order valence-corrected chi connectivity index (χ2v) is 8.25. The van der Waals surface area contributed by atoms with Gasteiger partial charge < -0.3 is 5.11 Å². The summed E-state index contributed by atoms with van der Waals surface area (Å²) >= 11 is 18.5. The maximum atomic E-state index is 12.6. The van der Waals surface area contributed by atoms with Crippen LogP contribution in [-0.4, -0.2) is 26.8 Å². The van der Waals surface area contributed by atoms with Gasteiger partial charge in [0, 0.05) is 6.54 Å². The van der Waals surface area contributed by atoms with E-state index in [0.29, 0.717) is 21.3 Å². The van der Waals surface area contributed by atoms with E-state index < -0.39 is 0 Å². The molecule has 1 N–H and O–H groups in total. The van der Waals surface area contributed by atoms with Crippen molar-refractivity contribution in [3.8, 4) is 5.75 Å². The Kier molecular flexibility index (Phi) is 6.24. The number of halogens is 2. The minimum absolute atomic E-state index is 0.117. The number of benzene rings is 2. The minimum atomic E-state index is -0.168. The molecule has 0 atom stereocenters. The van der Waals surface area contributed by atoms with Crippen molar-refractivity contribution in [3.05, 3.63) is 68.5 Å². The van der Waals surface area contributed by atoms with Crippen molar-refractivity contribution >= 4 is 63.5 Å². The van der Waals surface area contributed by atoms with Crippen LogP contribution in [0.15, 0.2) is 47.4 Å². The summed E-state index contributed by atoms with van der Waals surface area (Å²) in [5.74, 6) is -0.285. The van der Waals surface area contributed by atoms with Gasteiger partial charge >= 0.3 is 0 Å². The number of thioether (sulfide) groups is 1. The lowest BCUT2D eigenvalue weighted by molar-refractivity contribution is -0.122. The molecule has 0 unspecified atom stereocenters. The van der Waals surface area contributed by atoms with Crippen LogP contribution in [0.5, 0.6) is 5.75 Å². The Bertz CT molecular complexity index is 861. The highest BCUT2D eigenvalue weighted by molar-refractivity contribution is 8.26. The van der Waals surface area contributed by atoms with Gasteiger partial charge in [-0.05, 0) is 42.2 Å². The van der Waals surface area contributed by atoms with Crippen LogP contribution in [-0.2, 0) is 11.2 Å². The number of carbonyl (C=O) groups is 1. The second-order valence-electron chi connectivity index (χ2n) is 5.76. The van der Waals surface area contributed by atoms with E-state index in [0.717, 1.165) is 12.8 Å². The molecular weight excluding hydrogens is 409 g/mol. The normalized spacial score (nSPS) is 15.9. The summed E-state index contributed by atoms with van der Waals surface area (Å²) in [5.41, 5.74) is 1.88. The Balaban J connectivity index is 1.68. The van der Waals surface area contributed by atoms with Gasteiger partial charge in [0.1, 0.15) is 4.32 Å². The zero-order valence-electron chi connectivity index (χ0n) is 13.6. The molecule has 1 fully saturated rings. The number of aryl methyl sites for hydroxylation is 1. The van der Waals surface area contributed by atoms with Crippen molar-refractivity contribution in [1.82, 2.24) is 4.90 Å². The Labute approximate surface area is 171 Å². The monoisotopic (exact) mass is 423 g/mol. The molecule has 2 aromatic rings. The van der Waals surface area contributed by atoms with Crippen molar-refractivity contribution < 1.29 is 9.90 Å². The lowest BCUT2D eigenvalue weighted by atomic mass is 10.1. The third-order valence-electron chi connectivity index (χ3n) is 3.90. The molecule has 0 radical (unpaired) electrons. The van der Waals surface area contributed by atoms with Crippen LogP contribution in [0.4, 0.5) is 0 Å². The summed E-state index contributed by atoms with van der Waals surface area (Å²) in [7, 11) is 0. The van der Waals surface area contributed by atoms with E-state index in [1.54, 1.807) is 23.1 Å². The number of hydrogen-bond donors (Lipinski definition) is 1. The summed E-state index contributed by atoms with van der Waals surface area (Å²) in [6, 6.07) is 13.3. The average Bonchev–Trinajstić information content (AvgIpc) is 2.88. The van der Waals surface area contributed by atoms with Crippen molar-refractivity contribution in [2.24, 2.45) is 0 Å². The molecule has 0 bridgehead atoms. The molecule has 1 saturated heterocycles. The number of amides is 1. The quantitative estimate of drug-likeness (QED) is 0.506. The van der Waals surface area contributed by atoms with Crippen LogP contribution in [0.3, 0.4) is 0 Å². The fourth-order valence-electron chi connectivity index (χ4n) is 2.60. The molecule has 0 saturated carbocycles. The van der Waals surface area contributed by atoms with Crippen molar-refractivity contribution in [2.45, 2.75) is 12.8 Å². The second kappa shape index (κ2) is 8.44. The zero-order chi connectivity index (χ0) is 18.7. The summed E-state index contributed by atoms with van der Waals surface area (Å²) in [4.78, 5) is 14.8. The number of phenolic OH excluding ortho intramolecular Hbond substituents is 1. The molecule has 26 heavy (non-hydrogen) atoms. The first kappa shape index (κ1) is 19.2. The van der Waals surface area contributed by atoms with Crippen LogP contribution in [0.2, 0.25) is 10.0 Å². The molecule has 0 aromatic heterocycles. The molecule has 1 aliphatic rings. The first-order valence-electron chi connectivity index (χ1n) is 7.93. The molecule has 2 aromatic carbocycles. The van der Waals surface area contributed by atoms with Crippen molar-refractivity contribution in [1.29, 1.82) is 0 Å². The Morgan fingerprint density at radius 3 is 2.46 bits per heavy atom. The largest absolute Gasteiger partial charge is 0.505 e. The van der Waals surface area contributed by atoms with E-state index in [1.807, 2.05) is 18.2 Å². The summed E-state index contributed by atoms with van der Waals surface area (Å²) in [6.07, 6.45) is 3.41. The predicted octanol–water partition coefficient (Wildman–Crippen LogP) is 5.53. The maximum absolute atomic E-state index is 12.6. The highest BCUT2D eigenvalue weighted by atomic mass is 35.5. The highest BCUT2D eigenvalue weighted by Gasteiger charge is 2.31. The highest BCUT2D eigenvalue weighted by Crippen LogP contribution is 2.36. The van der Waals surface area contributed by atoms with Gasteiger partial charge in [0.15, 0.2) is 5.75 Å². The molecule has 0 aliphatic carbocycles. The van der Waals surface area contributed by atoms with E-state index in [4.69, 9.17) is 35.4 Å². The lowest BCUT2D eigenvalue weighted by Gasteiger charge is -2.14.